The van der Waals surface area contributed by atoms with Crippen molar-refractivity contribution >= 4 is 23.0 Å². The molecule has 0 N–H and O–H groups in total. The Hall–Kier alpha value is -0.690. The Kier molecular flexibility index (Phi) is 7.45. The van der Waals surface area contributed by atoms with Crippen molar-refractivity contribution in [3.8, 4) is 0 Å². The smallest absolute Gasteiger partial charge is 0.309 e. The quantitative estimate of drug-likeness (QED) is 0.428. The van der Waals surface area contributed by atoms with Crippen LogP contribution in [0, 0.1) is 11.8 Å². The Morgan fingerprint density at radius 3 is 2.04 bits per heavy atom. The molecule has 0 unspecified atom stereocenters. The molecule has 0 aromatic carbocycles. The largest absolute Gasteiger partial charge is 0.591 e. The standard InChI is InChI=1S/C16H27F2NO3S/c1-10(2)22-15(20)12-8-6-11(7-9-12)13(14(17)18)19-23(21)16(3,4)5/h10-12,14H,6-9H2,1-5H3/t11-,12-,23-/m0/s1. The SMILES string of the molecule is CC(C)OC(=O)[C@H]1CC[C@H](C(=N[S@@+]([O-])C(C)(C)C)C(F)F)CC1. The van der Waals surface area contributed by atoms with E-state index in [2.05, 4.69) is 4.40 Å². The van der Waals surface area contributed by atoms with Gasteiger partial charge in [0.15, 0.2) is 0 Å². The summed E-state index contributed by atoms with van der Waals surface area (Å²) in [6.45, 7) is 8.68. The number of esters is 1. The van der Waals surface area contributed by atoms with Gasteiger partial charge in [0.2, 0.25) is 0 Å². The van der Waals surface area contributed by atoms with Crippen LogP contribution in [0.5, 0.6) is 0 Å². The summed E-state index contributed by atoms with van der Waals surface area (Å²) in [6.07, 6.45) is -0.989. The number of halogens is 2. The number of carbonyl (C=O) groups is 1. The van der Waals surface area contributed by atoms with Gasteiger partial charge in [-0.1, -0.05) is 4.40 Å². The van der Waals surface area contributed by atoms with Crippen molar-refractivity contribution < 1.29 is 22.9 Å². The van der Waals surface area contributed by atoms with E-state index < -0.39 is 28.5 Å². The summed E-state index contributed by atoms with van der Waals surface area (Å²) < 4.78 is 47.0. The number of ether oxygens (including phenoxy) is 1. The average Bonchev–Trinajstić information content (AvgIpc) is 2.42. The minimum Gasteiger partial charge on any atom is -0.591 e. The van der Waals surface area contributed by atoms with Crippen molar-refractivity contribution in [1.29, 1.82) is 0 Å². The zero-order valence-electron chi connectivity index (χ0n) is 14.5. The summed E-state index contributed by atoms with van der Waals surface area (Å²) in [5, 5.41) is 0. The third-order valence-corrected chi connectivity index (χ3v) is 5.19. The van der Waals surface area contributed by atoms with Crippen LogP contribution in [0.2, 0.25) is 0 Å². The van der Waals surface area contributed by atoms with Crippen molar-refractivity contribution in [2.24, 2.45) is 16.2 Å². The first kappa shape index (κ1) is 20.4. The van der Waals surface area contributed by atoms with E-state index in [0.717, 1.165) is 0 Å². The van der Waals surface area contributed by atoms with Gasteiger partial charge in [-0.25, -0.2) is 8.78 Å². The van der Waals surface area contributed by atoms with Crippen molar-refractivity contribution in [2.45, 2.75) is 77.6 Å². The first-order valence-electron chi connectivity index (χ1n) is 8.01. The summed E-state index contributed by atoms with van der Waals surface area (Å²) in [4.78, 5) is 11.9. The van der Waals surface area contributed by atoms with E-state index in [1.165, 1.54) is 0 Å². The van der Waals surface area contributed by atoms with Crippen molar-refractivity contribution in [3.63, 3.8) is 0 Å². The van der Waals surface area contributed by atoms with Gasteiger partial charge >= 0.3 is 5.97 Å². The summed E-state index contributed by atoms with van der Waals surface area (Å²) in [6, 6.07) is 0. The second-order valence-electron chi connectivity index (χ2n) is 7.21. The molecule has 134 valence electrons. The monoisotopic (exact) mass is 351 g/mol. The lowest BCUT2D eigenvalue weighted by molar-refractivity contribution is -0.153. The molecule has 1 aliphatic carbocycles. The Bertz CT molecular complexity index is 428. The van der Waals surface area contributed by atoms with Crippen LogP contribution in [0.1, 0.15) is 60.3 Å². The van der Waals surface area contributed by atoms with Crippen molar-refractivity contribution in [1.82, 2.24) is 0 Å². The van der Waals surface area contributed by atoms with Gasteiger partial charge in [0.05, 0.1) is 12.0 Å². The van der Waals surface area contributed by atoms with Crippen LogP contribution in [0.3, 0.4) is 0 Å². The fourth-order valence-corrected chi connectivity index (χ4v) is 3.17. The summed E-state index contributed by atoms with van der Waals surface area (Å²) in [7, 11) is 0. The van der Waals surface area contributed by atoms with Crippen LogP contribution in [-0.2, 0) is 20.9 Å². The molecule has 1 saturated carbocycles. The Balaban J connectivity index is 2.72. The first-order chi connectivity index (χ1) is 10.5. The predicted octanol–water partition coefficient (Wildman–Crippen LogP) is 3.91. The van der Waals surface area contributed by atoms with Gasteiger partial charge in [-0.3, -0.25) is 4.79 Å². The topological polar surface area (TPSA) is 61.7 Å². The molecule has 1 fully saturated rings. The van der Waals surface area contributed by atoms with Crippen LogP contribution < -0.4 is 0 Å². The Labute approximate surface area is 140 Å². The lowest BCUT2D eigenvalue weighted by atomic mass is 9.80. The van der Waals surface area contributed by atoms with Gasteiger partial charge in [0, 0.05) is 5.92 Å². The Morgan fingerprint density at radius 2 is 1.65 bits per heavy atom. The number of rotatable bonds is 5. The second kappa shape index (κ2) is 8.42. The third-order valence-electron chi connectivity index (χ3n) is 3.77. The van der Waals surface area contributed by atoms with E-state index in [1.54, 1.807) is 34.6 Å². The molecule has 0 saturated heterocycles. The second-order valence-corrected chi connectivity index (χ2v) is 9.12. The molecule has 4 nitrogen and oxygen atoms in total. The molecule has 23 heavy (non-hydrogen) atoms. The maximum atomic E-state index is 13.3. The fourth-order valence-electron chi connectivity index (χ4n) is 2.48. The van der Waals surface area contributed by atoms with Gasteiger partial charge in [-0.05, 0) is 60.3 Å². The molecule has 0 spiro atoms. The van der Waals surface area contributed by atoms with Crippen LogP contribution in [-0.4, -0.2) is 33.5 Å². The van der Waals surface area contributed by atoms with Crippen LogP contribution in [0.15, 0.2) is 4.40 Å². The lowest BCUT2D eigenvalue weighted by Crippen LogP contribution is -2.33. The highest BCUT2D eigenvalue weighted by Crippen LogP contribution is 2.33. The van der Waals surface area contributed by atoms with E-state index >= 15 is 0 Å². The third kappa shape index (κ3) is 6.37. The van der Waals surface area contributed by atoms with Gasteiger partial charge < -0.3 is 9.29 Å². The lowest BCUT2D eigenvalue weighted by Gasteiger charge is -2.28. The molecule has 1 rings (SSSR count). The number of hydrogen-bond acceptors (Lipinski definition) is 4. The van der Waals surface area contributed by atoms with Crippen LogP contribution >= 0.6 is 0 Å². The molecule has 1 atom stereocenters. The number of nitrogens with zero attached hydrogens (tertiary/aromatic N) is 1. The average molecular weight is 351 g/mol. The summed E-state index contributed by atoms with van der Waals surface area (Å²) in [5.41, 5.74) is -0.283. The van der Waals surface area contributed by atoms with Gasteiger partial charge in [-0.2, -0.15) is 0 Å². The summed E-state index contributed by atoms with van der Waals surface area (Å²) >= 11 is -1.70. The molecule has 0 aliphatic heterocycles. The van der Waals surface area contributed by atoms with Crippen LogP contribution in [0.4, 0.5) is 8.78 Å². The molecule has 0 radical (unpaired) electrons. The number of hydrogen-bond donors (Lipinski definition) is 0. The van der Waals surface area contributed by atoms with Crippen molar-refractivity contribution in [2.75, 3.05) is 0 Å². The highest BCUT2D eigenvalue weighted by Gasteiger charge is 2.36. The normalized spacial score (nSPS) is 24.9. The molecule has 7 heteroatoms. The number of alkyl halides is 2. The predicted molar refractivity (Wildman–Crippen MR) is 88.0 cm³/mol. The molecule has 1 aliphatic rings. The highest BCUT2D eigenvalue weighted by molar-refractivity contribution is 7.91. The summed E-state index contributed by atoms with van der Waals surface area (Å²) in [5.74, 6) is -0.905. The van der Waals surface area contributed by atoms with Crippen molar-refractivity contribution in [3.05, 3.63) is 0 Å². The fraction of sp³-hybridized carbons (Fsp3) is 0.875. The molecule has 0 aromatic rings. The zero-order valence-corrected chi connectivity index (χ0v) is 15.3. The number of carbonyl (C=O) groups excluding carboxylic acids is 1. The minimum absolute atomic E-state index is 0.174. The minimum atomic E-state index is -2.72. The molecule has 0 amide bonds. The molecule has 0 aromatic heterocycles. The van der Waals surface area contributed by atoms with E-state index in [4.69, 9.17) is 4.74 Å². The maximum Gasteiger partial charge on any atom is 0.309 e. The Morgan fingerprint density at radius 1 is 1.17 bits per heavy atom. The van der Waals surface area contributed by atoms with Gasteiger partial charge in [0.1, 0.15) is 21.8 Å². The van der Waals surface area contributed by atoms with Gasteiger partial charge in [0.25, 0.3) is 6.43 Å². The first-order valence-corrected chi connectivity index (χ1v) is 9.12. The van der Waals surface area contributed by atoms with Crippen LogP contribution in [0.25, 0.3) is 0 Å². The molecular formula is C16H27F2NO3S. The van der Waals surface area contributed by atoms with E-state index in [1.807, 2.05) is 0 Å². The molecule has 0 heterocycles. The molecule has 0 bridgehead atoms. The van der Waals surface area contributed by atoms with E-state index in [-0.39, 0.29) is 23.7 Å². The van der Waals surface area contributed by atoms with E-state index in [9.17, 15) is 18.1 Å². The van der Waals surface area contributed by atoms with E-state index in [0.29, 0.717) is 25.7 Å². The maximum absolute atomic E-state index is 13.3. The molecular weight excluding hydrogens is 324 g/mol. The van der Waals surface area contributed by atoms with Gasteiger partial charge in [-0.15, -0.1) is 0 Å². The zero-order chi connectivity index (χ0) is 17.8. The highest BCUT2D eigenvalue weighted by atomic mass is 32.2.